The topological polar surface area (TPSA) is 59.1 Å². The number of likely N-dealkylation sites (tertiary alicyclic amines) is 2. The molecule has 0 spiro atoms. The van der Waals surface area contributed by atoms with Crippen LogP contribution >= 0.6 is 0 Å². The van der Waals surface area contributed by atoms with Gasteiger partial charge >= 0.3 is 5.97 Å². The number of esters is 1. The maximum atomic E-state index is 12.6. The molecule has 0 aromatic rings. The standard InChI is InChI=1S/C17H30N2O4/c1-13(2)16(19-9-5-7-15(19)20)17(21)23-14-6-4-8-18(12-14)10-11-22-3/h13-14,16H,4-12H2,1-3H3/t14-,16-/m0/s1. The maximum Gasteiger partial charge on any atom is 0.329 e. The molecule has 6 nitrogen and oxygen atoms in total. The van der Waals surface area contributed by atoms with Crippen molar-refractivity contribution in [1.82, 2.24) is 9.80 Å². The molecule has 2 heterocycles. The van der Waals surface area contributed by atoms with E-state index in [1.165, 1.54) is 0 Å². The summed E-state index contributed by atoms with van der Waals surface area (Å²) in [7, 11) is 1.70. The fourth-order valence-corrected chi connectivity index (χ4v) is 3.49. The number of hydrogen-bond acceptors (Lipinski definition) is 5. The van der Waals surface area contributed by atoms with Crippen molar-refractivity contribution in [1.29, 1.82) is 0 Å². The zero-order valence-electron chi connectivity index (χ0n) is 14.6. The van der Waals surface area contributed by atoms with Gasteiger partial charge in [0.15, 0.2) is 0 Å². The number of ether oxygens (including phenoxy) is 2. The van der Waals surface area contributed by atoms with Crippen molar-refractivity contribution in [2.24, 2.45) is 5.92 Å². The summed E-state index contributed by atoms with van der Waals surface area (Å²) in [6.45, 7) is 7.96. The predicted molar refractivity (Wildman–Crippen MR) is 87.0 cm³/mol. The van der Waals surface area contributed by atoms with Crippen LogP contribution in [0.2, 0.25) is 0 Å². The van der Waals surface area contributed by atoms with Crippen molar-refractivity contribution in [3.05, 3.63) is 0 Å². The van der Waals surface area contributed by atoms with Crippen LogP contribution in [0.4, 0.5) is 0 Å². The Hall–Kier alpha value is -1.14. The van der Waals surface area contributed by atoms with E-state index < -0.39 is 6.04 Å². The molecule has 0 bridgehead atoms. The van der Waals surface area contributed by atoms with Crippen LogP contribution in [0.3, 0.4) is 0 Å². The van der Waals surface area contributed by atoms with Crippen molar-refractivity contribution in [2.75, 3.05) is 39.9 Å². The molecule has 2 saturated heterocycles. The maximum absolute atomic E-state index is 12.6. The van der Waals surface area contributed by atoms with Gasteiger partial charge in [-0.25, -0.2) is 4.79 Å². The summed E-state index contributed by atoms with van der Waals surface area (Å²) < 4.78 is 10.9. The van der Waals surface area contributed by atoms with E-state index >= 15 is 0 Å². The summed E-state index contributed by atoms with van der Waals surface area (Å²) in [5.41, 5.74) is 0. The fraction of sp³-hybridized carbons (Fsp3) is 0.882. The Kier molecular flexibility index (Phi) is 6.84. The van der Waals surface area contributed by atoms with Crippen molar-refractivity contribution >= 4 is 11.9 Å². The van der Waals surface area contributed by atoms with Gasteiger partial charge in [0.05, 0.1) is 6.61 Å². The number of carbonyl (C=O) groups is 2. The minimum atomic E-state index is -0.445. The van der Waals surface area contributed by atoms with Gasteiger partial charge in [0, 0.05) is 33.2 Å². The third-order valence-corrected chi connectivity index (χ3v) is 4.68. The third kappa shape index (κ3) is 4.91. The predicted octanol–water partition coefficient (Wildman–Crippen LogP) is 1.29. The highest BCUT2D eigenvalue weighted by Crippen LogP contribution is 2.22. The minimum Gasteiger partial charge on any atom is -0.459 e. The van der Waals surface area contributed by atoms with Gasteiger partial charge in [-0.2, -0.15) is 0 Å². The zero-order chi connectivity index (χ0) is 16.8. The second-order valence-electron chi connectivity index (χ2n) is 6.87. The molecule has 0 aromatic heterocycles. The molecule has 2 aliphatic heterocycles. The number of carbonyl (C=O) groups excluding carboxylic acids is 2. The largest absolute Gasteiger partial charge is 0.459 e. The molecule has 0 aliphatic carbocycles. The lowest BCUT2D eigenvalue weighted by Crippen LogP contribution is -2.49. The average molecular weight is 326 g/mol. The van der Waals surface area contributed by atoms with Crippen LogP contribution in [0.5, 0.6) is 0 Å². The second kappa shape index (κ2) is 8.64. The molecule has 0 saturated carbocycles. The normalized spacial score (nSPS) is 24.3. The van der Waals surface area contributed by atoms with Gasteiger partial charge in [-0.05, 0) is 31.7 Å². The lowest BCUT2D eigenvalue weighted by atomic mass is 10.0. The molecule has 0 unspecified atom stereocenters. The number of nitrogens with zero attached hydrogens (tertiary/aromatic N) is 2. The van der Waals surface area contributed by atoms with E-state index in [0.717, 1.165) is 38.9 Å². The second-order valence-corrected chi connectivity index (χ2v) is 6.87. The molecule has 2 fully saturated rings. The number of rotatable bonds is 7. The first-order valence-corrected chi connectivity index (χ1v) is 8.74. The Morgan fingerprint density at radius 2 is 2.09 bits per heavy atom. The van der Waals surface area contributed by atoms with Crippen molar-refractivity contribution < 1.29 is 19.1 Å². The van der Waals surface area contributed by atoms with E-state index in [1.54, 1.807) is 12.0 Å². The Bertz CT molecular complexity index is 413. The molecule has 2 aliphatic rings. The van der Waals surface area contributed by atoms with Gasteiger partial charge in [0.2, 0.25) is 5.91 Å². The highest BCUT2D eigenvalue weighted by Gasteiger charge is 2.37. The van der Waals surface area contributed by atoms with Crippen molar-refractivity contribution in [3.8, 4) is 0 Å². The van der Waals surface area contributed by atoms with Gasteiger partial charge in [0.1, 0.15) is 12.1 Å². The first kappa shape index (κ1) is 18.2. The molecular formula is C17H30N2O4. The van der Waals surface area contributed by atoms with E-state index in [2.05, 4.69) is 4.90 Å². The van der Waals surface area contributed by atoms with Crippen LogP contribution in [-0.2, 0) is 19.1 Å². The molecular weight excluding hydrogens is 296 g/mol. The van der Waals surface area contributed by atoms with Gasteiger partial charge in [-0.3, -0.25) is 9.69 Å². The third-order valence-electron chi connectivity index (χ3n) is 4.68. The molecule has 132 valence electrons. The van der Waals surface area contributed by atoms with Crippen LogP contribution in [0, 0.1) is 5.92 Å². The number of piperidine rings is 1. The van der Waals surface area contributed by atoms with Gasteiger partial charge in [0.25, 0.3) is 0 Å². The molecule has 2 rings (SSSR count). The number of methoxy groups -OCH3 is 1. The van der Waals surface area contributed by atoms with Crippen LogP contribution < -0.4 is 0 Å². The molecule has 2 atom stereocenters. The van der Waals surface area contributed by atoms with E-state index in [4.69, 9.17) is 9.47 Å². The minimum absolute atomic E-state index is 0.0673. The Morgan fingerprint density at radius 1 is 1.30 bits per heavy atom. The Balaban J connectivity index is 1.91. The highest BCUT2D eigenvalue weighted by molar-refractivity contribution is 5.86. The first-order chi connectivity index (χ1) is 11.0. The van der Waals surface area contributed by atoms with E-state index in [0.29, 0.717) is 19.6 Å². The summed E-state index contributed by atoms with van der Waals surface area (Å²) in [5, 5.41) is 0. The number of amides is 1. The molecule has 0 radical (unpaired) electrons. The summed E-state index contributed by atoms with van der Waals surface area (Å²) in [4.78, 5) is 28.6. The zero-order valence-corrected chi connectivity index (χ0v) is 14.6. The van der Waals surface area contributed by atoms with Gasteiger partial charge in [-0.1, -0.05) is 13.8 Å². The summed E-state index contributed by atoms with van der Waals surface area (Å²) in [5.74, 6) is -0.0995. The van der Waals surface area contributed by atoms with Crippen LogP contribution in [-0.4, -0.2) is 73.7 Å². The molecule has 0 N–H and O–H groups in total. The van der Waals surface area contributed by atoms with Crippen LogP contribution in [0.1, 0.15) is 39.5 Å². The van der Waals surface area contributed by atoms with Crippen molar-refractivity contribution in [2.45, 2.75) is 51.7 Å². The lowest BCUT2D eigenvalue weighted by Gasteiger charge is -2.35. The lowest BCUT2D eigenvalue weighted by molar-refractivity contribution is -0.162. The Labute approximate surface area is 139 Å². The number of hydrogen-bond donors (Lipinski definition) is 0. The summed E-state index contributed by atoms with van der Waals surface area (Å²) >= 11 is 0. The van der Waals surface area contributed by atoms with Crippen LogP contribution in [0.25, 0.3) is 0 Å². The summed E-state index contributed by atoms with van der Waals surface area (Å²) in [6, 6.07) is -0.445. The fourth-order valence-electron chi connectivity index (χ4n) is 3.49. The van der Waals surface area contributed by atoms with Gasteiger partial charge in [-0.15, -0.1) is 0 Å². The van der Waals surface area contributed by atoms with E-state index in [9.17, 15) is 9.59 Å². The van der Waals surface area contributed by atoms with E-state index in [-0.39, 0.29) is 23.9 Å². The molecule has 23 heavy (non-hydrogen) atoms. The Morgan fingerprint density at radius 3 is 2.70 bits per heavy atom. The molecule has 6 heteroatoms. The van der Waals surface area contributed by atoms with Gasteiger partial charge < -0.3 is 14.4 Å². The molecule has 0 aromatic carbocycles. The highest BCUT2D eigenvalue weighted by atomic mass is 16.5. The van der Waals surface area contributed by atoms with Crippen molar-refractivity contribution in [3.63, 3.8) is 0 Å². The molecule has 1 amide bonds. The van der Waals surface area contributed by atoms with E-state index in [1.807, 2.05) is 13.8 Å². The SMILES string of the molecule is COCCN1CCC[C@H](OC(=O)[C@H](C(C)C)N2CCCC2=O)C1. The average Bonchev–Trinajstić information content (AvgIpc) is 2.91. The van der Waals surface area contributed by atoms with Crippen LogP contribution in [0.15, 0.2) is 0 Å². The summed E-state index contributed by atoms with van der Waals surface area (Å²) in [6.07, 6.45) is 3.23. The quantitative estimate of drug-likeness (QED) is 0.660. The first-order valence-electron chi connectivity index (χ1n) is 8.74. The smallest absolute Gasteiger partial charge is 0.329 e. The monoisotopic (exact) mass is 326 g/mol.